The summed E-state index contributed by atoms with van der Waals surface area (Å²) in [4.78, 5) is 8.44. The van der Waals surface area contributed by atoms with E-state index in [1.54, 1.807) is 12.4 Å². The smallest absolute Gasteiger partial charge is 0.278 e. The van der Waals surface area contributed by atoms with Crippen molar-refractivity contribution in [3.63, 3.8) is 0 Å². The molecule has 0 aliphatic carbocycles. The van der Waals surface area contributed by atoms with Gasteiger partial charge in [-0.3, -0.25) is 9.67 Å². The van der Waals surface area contributed by atoms with Crippen LogP contribution in [0.2, 0.25) is 5.02 Å². The lowest BCUT2D eigenvalue weighted by atomic mass is 10.1. The minimum absolute atomic E-state index is 0.0717. The number of hydrogen-bond donors (Lipinski definition) is 0. The van der Waals surface area contributed by atoms with Gasteiger partial charge in [0.2, 0.25) is 5.82 Å². The van der Waals surface area contributed by atoms with Crippen molar-refractivity contribution in [2.75, 3.05) is 0 Å². The van der Waals surface area contributed by atoms with Crippen LogP contribution in [0.1, 0.15) is 17.4 Å². The van der Waals surface area contributed by atoms with E-state index in [-0.39, 0.29) is 6.10 Å². The molecule has 0 fully saturated rings. The number of ether oxygens (including phenoxy) is 1. The molecule has 5 rings (SSSR count). The number of aromatic nitrogens is 5. The fraction of sp³-hybridized carbons (Fsp3) is 0.158. The molecule has 8 heteroatoms. The fourth-order valence-electron chi connectivity index (χ4n) is 3.05. The van der Waals surface area contributed by atoms with Crippen molar-refractivity contribution >= 4 is 11.6 Å². The molecule has 3 aromatic heterocycles. The third-order valence-electron chi connectivity index (χ3n) is 4.46. The summed E-state index contributed by atoms with van der Waals surface area (Å²) in [7, 11) is 0. The Labute approximate surface area is 159 Å². The molecule has 27 heavy (non-hydrogen) atoms. The average molecular weight is 380 g/mol. The molecule has 0 amide bonds. The van der Waals surface area contributed by atoms with Crippen LogP contribution < -0.4 is 0 Å². The van der Waals surface area contributed by atoms with E-state index >= 15 is 0 Å². The first kappa shape index (κ1) is 16.2. The number of nitrogens with zero attached hydrogens (tertiary/aromatic N) is 5. The summed E-state index contributed by atoms with van der Waals surface area (Å²) < 4.78 is 13.3. The summed E-state index contributed by atoms with van der Waals surface area (Å²) in [5.41, 5.74) is 3.52. The van der Waals surface area contributed by atoms with Gasteiger partial charge in [-0.1, -0.05) is 28.9 Å². The largest absolute Gasteiger partial charge is 0.365 e. The zero-order chi connectivity index (χ0) is 18.2. The van der Waals surface area contributed by atoms with Crippen LogP contribution in [-0.2, 0) is 17.9 Å². The van der Waals surface area contributed by atoms with Crippen molar-refractivity contribution in [1.82, 2.24) is 24.9 Å². The van der Waals surface area contributed by atoms with Crippen LogP contribution in [0.25, 0.3) is 23.0 Å². The van der Waals surface area contributed by atoms with Crippen LogP contribution in [0.4, 0.5) is 0 Å². The summed E-state index contributed by atoms with van der Waals surface area (Å²) in [6, 6.07) is 13.3. The lowest BCUT2D eigenvalue weighted by Gasteiger charge is -2.24. The normalized spacial score (nSPS) is 16.3. The third-order valence-corrected chi connectivity index (χ3v) is 4.71. The second-order valence-electron chi connectivity index (χ2n) is 6.21. The second kappa shape index (κ2) is 6.61. The average Bonchev–Trinajstić information content (AvgIpc) is 3.36. The van der Waals surface area contributed by atoms with E-state index < -0.39 is 0 Å². The molecule has 0 radical (unpaired) electrons. The first-order valence-corrected chi connectivity index (χ1v) is 8.82. The van der Waals surface area contributed by atoms with Gasteiger partial charge in [-0.05, 0) is 35.9 Å². The topological polar surface area (TPSA) is 78.9 Å². The summed E-state index contributed by atoms with van der Waals surface area (Å²) >= 11 is 5.96. The molecule has 1 aromatic carbocycles. The van der Waals surface area contributed by atoms with Gasteiger partial charge in [0.25, 0.3) is 5.89 Å². The van der Waals surface area contributed by atoms with Crippen molar-refractivity contribution in [3.8, 4) is 23.0 Å². The molecule has 1 aliphatic rings. The molecule has 1 atom stereocenters. The molecule has 134 valence electrons. The van der Waals surface area contributed by atoms with Gasteiger partial charge in [-0.15, -0.1) is 0 Å². The van der Waals surface area contributed by atoms with Gasteiger partial charge < -0.3 is 9.26 Å². The summed E-state index contributed by atoms with van der Waals surface area (Å²) in [6.07, 6.45) is 3.31. The second-order valence-corrected chi connectivity index (χ2v) is 6.65. The van der Waals surface area contributed by atoms with Crippen LogP contribution >= 0.6 is 11.6 Å². The minimum atomic E-state index is -0.0717. The molecular formula is C19H14ClN5O2. The molecule has 0 saturated carbocycles. The number of halogens is 1. The van der Waals surface area contributed by atoms with E-state index in [1.165, 1.54) is 0 Å². The Hall–Kier alpha value is -3.03. The summed E-state index contributed by atoms with van der Waals surface area (Å²) in [5, 5.41) is 9.36. The molecule has 0 bridgehead atoms. The highest BCUT2D eigenvalue weighted by Crippen LogP contribution is 2.29. The molecule has 4 heterocycles. The Balaban J connectivity index is 1.40. The number of hydrogen-bond acceptors (Lipinski definition) is 6. The van der Waals surface area contributed by atoms with Gasteiger partial charge >= 0.3 is 0 Å². The Morgan fingerprint density at radius 1 is 1.07 bits per heavy atom. The zero-order valence-electron chi connectivity index (χ0n) is 14.1. The predicted molar refractivity (Wildman–Crippen MR) is 97.7 cm³/mol. The Bertz CT molecular complexity index is 1080. The van der Waals surface area contributed by atoms with E-state index in [1.807, 2.05) is 47.1 Å². The van der Waals surface area contributed by atoms with Gasteiger partial charge in [-0.25, -0.2) is 0 Å². The first-order chi connectivity index (χ1) is 13.3. The Kier molecular flexibility index (Phi) is 3.95. The van der Waals surface area contributed by atoms with Gasteiger partial charge in [0.15, 0.2) is 5.69 Å². The van der Waals surface area contributed by atoms with E-state index in [0.29, 0.717) is 35.6 Å². The van der Waals surface area contributed by atoms with E-state index in [4.69, 9.17) is 20.9 Å². The van der Waals surface area contributed by atoms with Gasteiger partial charge in [0.05, 0.1) is 18.8 Å². The SMILES string of the molecule is Clc1ccc([C@H]2Cn3nc(-c4nc(-c5ccncc5)no4)cc3CO2)cc1. The molecular weight excluding hydrogens is 366 g/mol. The number of rotatable bonds is 3. The highest BCUT2D eigenvalue weighted by Gasteiger charge is 2.24. The Morgan fingerprint density at radius 3 is 2.70 bits per heavy atom. The number of pyridine rings is 1. The van der Waals surface area contributed by atoms with Crippen molar-refractivity contribution in [2.24, 2.45) is 0 Å². The van der Waals surface area contributed by atoms with Gasteiger partial charge in [0.1, 0.15) is 6.10 Å². The highest BCUT2D eigenvalue weighted by molar-refractivity contribution is 6.30. The maximum absolute atomic E-state index is 5.98. The lowest BCUT2D eigenvalue weighted by Crippen LogP contribution is -2.21. The lowest BCUT2D eigenvalue weighted by molar-refractivity contribution is -0.00112. The quantitative estimate of drug-likeness (QED) is 0.536. The maximum Gasteiger partial charge on any atom is 0.278 e. The van der Waals surface area contributed by atoms with Crippen LogP contribution in [-0.4, -0.2) is 24.9 Å². The molecule has 0 spiro atoms. The van der Waals surface area contributed by atoms with E-state index in [0.717, 1.165) is 16.8 Å². The molecule has 1 aliphatic heterocycles. The van der Waals surface area contributed by atoms with Gasteiger partial charge in [0, 0.05) is 23.0 Å². The van der Waals surface area contributed by atoms with E-state index in [9.17, 15) is 0 Å². The molecule has 0 N–H and O–H groups in total. The van der Waals surface area contributed by atoms with Crippen LogP contribution in [0.5, 0.6) is 0 Å². The highest BCUT2D eigenvalue weighted by atomic mass is 35.5. The van der Waals surface area contributed by atoms with Crippen molar-refractivity contribution in [1.29, 1.82) is 0 Å². The number of benzene rings is 1. The molecule has 0 saturated heterocycles. The first-order valence-electron chi connectivity index (χ1n) is 8.44. The Morgan fingerprint density at radius 2 is 1.89 bits per heavy atom. The van der Waals surface area contributed by atoms with Crippen molar-refractivity contribution in [3.05, 3.63) is 71.1 Å². The standard InChI is InChI=1S/C19H14ClN5O2/c20-14-3-1-12(2-4-14)17-10-25-15(11-26-17)9-16(23-25)19-22-18(24-27-19)13-5-7-21-8-6-13/h1-9,17H,10-11H2/t17-/m1/s1. The molecule has 7 nitrogen and oxygen atoms in total. The van der Waals surface area contributed by atoms with Gasteiger partial charge in [-0.2, -0.15) is 10.1 Å². The van der Waals surface area contributed by atoms with Crippen LogP contribution in [0, 0.1) is 0 Å². The van der Waals surface area contributed by atoms with Crippen LogP contribution in [0.15, 0.2) is 59.4 Å². The van der Waals surface area contributed by atoms with Crippen LogP contribution in [0.3, 0.4) is 0 Å². The third kappa shape index (κ3) is 3.11. The summed E-state index contributed by atoms with van der Waals surface area (Å²) in [5.74, 6) is 0.889. The van der Waals surface area contributed by atoms with E-state index in [2.05, 4.69) is 20.2 Å². The zero-order valence-corrected chi connectivity index (χ0v) is 14.9. The molecule has 4 aromatic rings. The fourth-order valence-corrected chi connectivity index (χ4v) is 3.18. The van der Waals surface area contributed by atoms with Crippen molar-refractivity contribution < 1.29 is 9.26 Å². The minimum Gasteiger partial charge on any atom is -0.365 e. The predicted octanol–water partition coefficient (Wildman–Crippen LogP) is 3.92. The van der Waals surface area contributed by atoms with Crippen molar-refractivity contribution in [2.45, 2.75) is 19.3 Å². The number of fused-ring (bicyclic) bond motifs is 1. The maximum atomic E-state index is 5.98. The monoisotopic (exact) mass is 379 g/mol. The summed E-state index contributed by atoms with van der Waals surface area (Å²) in [6.45, 7) is 1.08. The molecule has 0 unspecified atom stereocenters.